The molecule has 182 valence electrons. The molecule has 0 spiro atoms. The molecule has 2 amide bonds. The summed E-state index contributed by atoms with van der Waals surface area (Å²) in [5, 5.41) is 6.89. The van der Waals surface area contributed by atoms with Crippen LogP contribution in [0, 0.1) is 5.92 Å². The fourth-order valence-corrected chi connectivity index (χ4v) is 4.83. The summed E-state index contributed by atoms with van der Waals surface area (Å²) in [4.78, 5) is 27.4. The van der Waals surface area contributed by atoms with Crippen molar-refractivity contribution in [3.05, 3.63) is 23.8 Å². The molecule has 3 aliphatic rings. The van der Waals surface area contributed by atoms with Crippen LogP contribution in [-0.4, -0.2) is 73.6 Å². The van der Waals surface area contributed by atoms with Crippen molar-refractivity contribution in [2.24, 2.45) is 11.8 Å². The number of piperazine rings is 1. The number of halogens is 3. The summed E-state index contributed by atoms with van der Waals surface area (Å²) in [5.41, 5.74) is -0.346. The highest BCUT2D eigenvalue weighted by atomic mass is 19.4. The van der Waals surface area contributed by atoms with Crippen molar-refractivity contribution < 1.29 is 22.8 Å². The predicted molar refractivity (Wildman–Crippen MR) is 118 cm³/mol. The second-order valence-corrected chi connectivity index (χ2v) is 9.14. The van der Waals surface area contributed by atoms with Crippen LogP contribution >= 0.6 is 0 Å². The molecule has 0 radical (unpaired) electrons. The maximum absolute atomic E-state index is 13.9. The summed E-state index contributed by atoms with van der Waals surface area (Å²) in [6, 6.07) is 3.38. The van der Waals surface area contributed by atoms with Crippen LogP contribution in [0.15, 0.2) is 18.2 Å². The SMILES string of the molecule is NN1CCC(CN2CCN(c3ccc(NC4CCC(=O)NC4=O)cc3C(F)(F)F)CC2)CC1. The number of rotatable bonds is 5. The number of hydrogen-bond donors (Lipinski definition) is 3. The monoisotopic (exact) mass is 468 g/mol. The number of anilines is 2. The van der Waals surface area contributed by atoms with Crippen LogP contribution in [0.25, 0.3) is 0 Å². The topological polar surface area (TPSA) is 93.9 Å². The van der Waals surface area contributed by atoms with Crippen LogP contribution in [0.1, 0.15) is 31.2 Å². The summed E-state index contributed by atoms with van der Waals surface area (Å²) in [5.74, 6) is 5.52. The molecule has 3 heterocycles. The quantitative estimate of drug-likeness (QED) is 0.447. The van der Waals surface area contributed by atoms with Crippen LogP contribution in [0.5, 0.6) is 0 Å². The summed E-state index contributed by atoms with van der Waals surface area (Å²) in [6.07, 6.45) is -2.01. The second-order valence-electron chi connectivity index (χ2n) is 9.14. The van der Waals surface area contributed by atoms with Gasteiger partial charge in [-0.3, -0.25) is 25.6 Å². The van der Waals surface area contributed by atoms with Gasteiger partial charge in [-0.25, -0.2) is 5.01 Å². The zero-order chi connectivity index (χ0) is 23.6. The lowest BCUT2D eigenvalue weighted by Gasteiger charge is -2.39. The molecular weight excluding hydrogens is 437 g/mol. The lowest BCUT2D eigenvalue weighted by molar-refractivity contribution is -0.137. The Labute approximate surface area is 191 Å². The Balaban J connectivity index is 1.40. The van der Waals surface area contributed by atoms with E-state index in [-0.39, 0.29) is 30.1 Å². The molecule has 0 aliphatic carbocycles. The van der Waals surface area contributed by atoms with Gasteiger partial charge in [-0.15, -0.1) is 0 Å². The predicted octanol–water partition coefficient (Wildman–Crippen LogP) is 1.63. The largest absolute Gasteiger partial charge is 0.418 e. The molecule has 1 aromatic carbocycles. The van der Waals surface area contributed by atoms with Crippen molar-refractivity contribution in [1.82, 2.24) is 15.2 Å². The molecule has 0 saturated carbocycles. The van der Waals surface area contributed by atoms with E-state index >= 15 is 0 Å². The minimum Gasteiger partial charge on any atom is -0.374 e. The highest BCUT2D eigenvalue weighted by Gasteiger charge is 2.36. The molecule has 4 rings (SSSR count). The number of nitrogens with two attached hydrogens (primary N) is 1. The molecule has 1 atom stereocenters. The van der Waals surface area contributed by atoms with Gasteiger partial charge in [0.05, 0.1) is 5.56 Å². The fourth-order valence-electron chi connectivity index (χ4n) is 4.83. The van der Waals surface area contributed by atoms with Crippen LogP contribution < -0.4 is 21.4 Å². The van der Waals surface area contributed by atoms with Crippen LogP contribution in [0.2, 0.25) is 0 Å². The minimum atomic E-state index is -4.52. The third kappa shape index (κ3) is 5.96. The third-order valence-electron chi connectivity index (χ3n) is 6.76. The normalized spacial score (nSPS) is 24.1. The Morgan fingerprint density at radius 2 is 1.73 bits per heavy atom. The van der Waals surface area contributed by atoms with Crippen LogP contribution in [0.3, 0.4) is 0 Å². The third-order valence-corrected chi connectivity index (χ3v) is 6.76. The van der Waals surface area contributed by atoms with Gasteiger partial charge in [0.1, 0.15) is 6.04 Å². The van der Waals surface area contributed by atoms with Gasteiger partial charge >= 0.3 is 6.18 Å². The van der Waals surface area contributed by atoms with Gasteiger partial charge in [0, 0.05) is 63.6 Å². The standard InChI is InChI=1S/C22H31F3N6O2/c23-22(24,25)17-13-16(27-18-2-4-20(32)28-21(18)33)1-3-19(17)30-11-9-29(10-12-30)14-15-5-7-31(26)8-6-15/h1,3,13,15,18,27H,2,4-12,14,26H2,(H,28,32,33). The van der Waals surface area contributed by atoms with E-state index in [0.717, 1.165) is 51.6 Å². The van der Waals surface area contributed by atoms with Crippen LogP contribution in [0.4, 0.5) is 24.5 Å². The molecule has 0 bridgehead atoms. The number of alkyl halides is 3. The van der Waals surface area contributed by atoms with Gasteiger partial charge in [-0.2, -0.15) is 13.2 Å². The lowest BCUT2D eigenvalue weighted by atomic mass is 9.97. The van der Waals surface area contributed by atoms with Gasteiger partial charge in [0.15, 0.2) is 0 Å². The number of hydrazine groups is 1. The van der Waals surface area contributed by atoms with Crippen molar-refractivity contribution in [3.63, 3.8) is 0 Å². The minimum absolute atomic E-state index is 0.156. The Morgan fingerprint density at radius 3 is 2.36 bits per heavy atom. The van der Waals surface area contributed by atoms with Crippen LogP contribution in [-0.2, 0) is 15.8 Å². The molecular formula is C22H31F3N6O2. The van der Waals surface area contributed by atoms with Crippen molar-refractivity contribution in [2.75, 3.05) is 56.0 Å². The number of amides is 2. The van der Waals surface area contributed by atoms with E-state index in [2.05, 4.69) is 15.5 Å². The molecule has 3 fully saturated rings. The Morgan fingerprint density at radius 1 is 1.03 bits per heavy atom. The first-order valence-corrected chi connectivity index (χ1v) is 11.5. The maximum Gasteiger partial charge on any atom is 0.418 e. The van der Waals surface area contributed by atoms with Gasteiger partial charge < -0.3 is 10.2 Å². The summed E-state index contributed by atoms with van der Waals surface area (Å²) in [6.45, 7) is 5.23. The lowest BCUT2D eigenvalue weighted by Crippen LogP contribution is -2.49. The first-order valence-electron chi connectivity index (χ1n) is 11.5. The molecule has 8 nitrogen and oxygen atoms in total. The molecule has 1 unspecified atom stereocenters. The number of nitrogens with one attached hydrogen (secondary N) is 2. The number of hydrogen-bond acceptors (Lipinski definition) is 7. The fraction of sp³-hybridized carbons (Fsp3) is 0.636. The molecule has 33 heavy (non-hydrogen) atoms. The molecule has 1 aromatic rings. The first kappa shape index (κ1) is 23.8. The summed E-state index contributed by atoms with van der Waals surface area (Å²) in [7, 11) is 0. The smallest absolute Gasteiger partial charge is 0.374 e. The molecule has 3 saturated heterocycles. The second kappa shape index (κ2) is 9.86. The molecule has 0 aromatic heterocycles. The number of nitrogens with zero attached hydrogens (tertiary/aromatic N) is 3. The average Bonchev–Trinajstić information content (AvgIpc) is 2.77. The highest BCUT2D eigenvalue weighted by Crippen LogP contribution is 2.39. The Hall–Kier alpha value is -2.37. The van der Waals surface area contributed by atoms with E-state index < -0.39 is 23.7 Å². The van der Waals surface area contributed by atoms with Gasteiger partial charge in [0.25, 0.3) is 0 Å². The van der Waals surface area contributed by atoms with Gasteiger partial charge in [-0.1, -0.05) is 0 Å². The van der Waals surface area contributed by atoms with E-state index in [4.69, 9.17) is 5.84 Å². The Bertz CT molecular complexity index is 864. The molecule has 4 N–H and O–H groups in total. The number of carbonyl (C=O) groups excluding carboxylic acids is 2. The summed E-state index contributed by atoms with van der Waals surface area (Å²) < 4.78 is 41.7. The number of imide groups is 1. The van der Waals surface area contributed by atoms with Crippen molar-refractivity contribution in [2.45, 2.75) is 37.9 Å². The first-order chi connectivity index (χ1) is 15.7. The van der Waals surface area contributed by atoms with E-state index in [1.165, 1.54) is 6.07 Å². The summed E-state index contributed by atoms with van der Waals surface area (Å²) >= 11 is 0. The van der Waals surface area contributed by atoms with Crippen molar-refractivity contribution in [1.29, 1.82) is 0 Å². The maximum atomic E-state index is 13.9. The molecule has 3 aliphatic heterocycles. The van der Waals surface area contributed by atoms with E-state index in [1.54, 1.807) is 11.0 Å². The van der Waals surface area contributed by atoms with Gasteiger partial charge in [0.2, 0.25) is 11.8 Å². The van der Waals surface area contributed by atoms with Gasteiger partial charge in [-0.05, 0) is 43.4 Å². The number of benzene rings is 1. The van der Waals surface area contributed by atoms with E-state index in [1.807, 2.05) is 5.01 Å². The Kier molecular flexibility index (Phi) is 7.10. The van der Waals surface area contributed by atoms with Crippen molar-refractivity contribution in [3.8, 4) is 0 Å². The number of piperidine rings is 2. The zero-order valence-corrected chi connectivity index (χ0v) is 18.5. The highest BCUT2D eigenvalue weighted by molar-refractivity contribution is 6.01. The zero-order valence-electron chi connectivity index (χ0n) is 18.5. The average molecular weight is 469 g/mol. The number of carbonyl (C=O) groups is 2. The molecule has 11 heteroatoms. The van der Waals surface area contributed by atoms with Crippen molar-refractivity contribution >= 4 is 23.2 Å². The van der Waals surface area contributed by atoms with E-state index in [9.17, 15) is 22.8 Å². The van der Waals surface area contributed by atoms with E-state index in [0.29, 0.717) is 19.0 Å².